The fourth-order valence-corrected chi connectivity index (χ4v) is 6.42. The van der Waals surface area contributed by atoms with Gasteiger partial charge in [-0.15, -0.1) is 11.3 Å². The van der Waals surface area contributed by atoms with Gasteiger partial charge in [-0.05, 0) is 54.8 Å². The zero-order valence-corrected chi connectivity index (χ0v) is 20.8. The summed E-state index contributed by atoms with van der Waals surface area (Å²) < 4.78 is 53.7. The first kappa shape index (κ1) is 26.3. The van der Waals surface area contributed by atoms with Crippen LogP contribution in [0.15, 0.2) is 63.7 Å². The Labute approximate surface area is 212 Å². The van der Waals surface area contributed by atoms with E-state index in [1.54, 1.807) is 12.1 Å². The molecule has 7 nitrogen and oxygen atoms in total. The molecule has 36 heavy (non-hydrogen) atoms. The molecule has 3 aromatic rings. The molecule has 1 aromatic carbocycles. The van der Waals surface area contributed by atoms with Gasteiger partial charge in [0.2, 0.25) is 0 Å². The van der Waals surface area contributed by atoms with E-state index in [2.05, 4.69) is 15.6 Å². The molecule has 0 aliphatic carbocycles. The molecule has 1 atom stereocenters. The second-order valence-electron chi connectivity index (χ2n) is 8.34. The number of piperidine rings is 1. The van der Waals surface area contributed by atoms with Gasteiger partial charge in [0.05, 0.1) is 12.1 Å². The number of alkyl halides is 3. The van der Waals surface area contributed by atoms with Gasteiger partial charge in [-0.1, -0.05) is 12.1 Å². The third kappa shape index (κ3) is 6.69. The third-order valence-corrected chi connectivity index (χ3v) is 8.73. The van der Waals surface area contributed by atoms with Gasteiger partial charge in [0.15, 0.2) is 0 Å². The molecule has 0 bridgehead atoms. The van der Waals surface area contributed by atoms with Gasteiger partial charge in [0.1, 0.15) is 20.8 Å². The molecule has 0 spiro atoms. The van der Waals surface area contributed by atoms with Crippen LogP contribution in [-0.4, -0.2) is 38.5 Å². The monoisotopic (exact) mass is 538 g/mol. The largest absolute Gasteiger partial charge is 0.416 e. The summed E-state index contributed by atoms with van der Waals surface area (Å²) in [5.41, 5.74) is -0.301. The van der Waals surface area contributed by atoms with E-state index in [1.165, 1.54) is 35.7 Å². The molecule has 1 fully saturated rings. The van der Waals surface area contributed by atoms with Crippen molar-refractivity contribution in [2.24, 2.45) is 0 Å². The lowest BCUT2D eigenvalue weighted by Crippen LogP contribution is -2.42. The number of pyridine rings is 1. The van der Waals surface area contributed by atoms with Gasteiger partial charge in [0, 0.05) is 36.8 Å². The maximum atomic E-state index is 13.0. The van der Waals surface area contributed by atoms with Crippen LogP contribution in [0.1, 0.15) is 39.2 Å². The number of amides is 1. The Morgan fingerprint density at radius 2 is 1.81 bits per heavy atom. The molecule has 12 heteroatoms. The maximum absolute atomic E-state index is 13.0. The summed E-state index contributed by atoms with van der Waals surface area (Å²) in [5, 5.41) is 6.08. The number of nitrogens with zero attached hydrogens (tertiary/aromatic N) is 1. The minimum atomic E-state index is -4.34. The standard InChI is InChI=1S/C24H25F3N4O3S2/c25-24(26,27)17-5-3-16(4-6-17)14-29-18-9-12-31(13-10-18)36(34)21-8-7-19(35-21)15-30-23(33)20-2-1-11-28-22(20)32/h1-8,11,18,29H,9-10,12-15H2,(H,28,32)(H,30,33). The van der Waals surface area contributed by atoms with Crippen molar-refractivity contribution in [2.45, 2.75) is 42.4 Å². The smallest absolute Gasteiger partial charge is 0.347 e. The second kappa shape index (κ2) is 11.5. The van der Waals surface area contributed by atoms with Crippen molar-refractivity contribution >= 4 is 28.2 Å². The molecular weight excluding hydrogens is 513 g/mol. The fourth-order valence-electron chi connectivity index (χ4n) is 3.84. The van der Waals surface area contributed by atoms with Crippen LogP contribution in [0.2, 0.25) is 0 Å². The van der Waals surface area contributed by atoms with Crippen LogP contribution in [0.25, 0.3) is 0 Å². The van der Waals surface area contributed by atoms with E-state index in [9.17, 15) is 27.0 Å². The van der Waals surface area contributed by atoms with Crippen LogP contribution >= 0.6 is 11.3 Å². The normalized spacial score (nSPS) is 16.1. The van der Waals surface area contributed by atoms with Gasteiger partial charge in [-0.25, -0.2) is 8.51 Å². The van der Waals surface area contributed by atoms with E-state index in [0.717, 1.165) is 35.4 Å². The molecule has 3 N–H and O–H groups in total. The van der Waals surface area contributed by atoms with Crippen molar-refractivity contribution in [2.75, 3.05) is 13.1 Å². The third-order valence-electron chi connectivity index (χ3n) is 5.86. The lowest BCUT2D eigenvalue weighted by Gasteiger charge is -2.31. The molecule has 1 saturated heterocycles. The summed E-state index contributed by atoms with van der Waals surface area (Å²) in [6, 6.07) is 12.0. The molecule has 2 aromatic heterocycles. The number of H-pyrrole nitrogens is 1. The van der Waals surface area contributed by atoms with E-state index in [-0.39, 0.29) is 18.2 Å². The highest BCUT2D eigenvalue weighted by Gasteiger charge is 2.30. The van der Waals surface area contributed by atoms with E-state index in [1.807, 2.05) is 10.4 Å². The molecule has 1 amide bonds. The minimum absolute atomic E-state index is 0.0349. The van der Waals surface area contributed by atoms with Crippen molar-refractivity contribution in [3.05, 3.63) is 86.6 Å². The average Bonchev–Trinajstić information content (AvgIpc) is 3.35. The molecule has 1 aliphatic rings. The predicted molar refractivity (Wildman–Crippen MR) is 132 cm³/mol. The van der Waals surface area contributed by atoms with Gasteiger partial charge >= 0.3 is 6.18 Å². The molecular formula is C24H25F3N4O3S2. The Balaban J connectivity index is 1.22. The predicted octanol–water partition coefficient (Wildman–Crippen LogP) is 3.66. The van der Waals surface area contributed by atoms with Crippen molar-refractivity contribution in [1.82, 2.24) is 19.9 Å². The fraction of sp³-hybridized carbons (Fsp3) is 0.333. The van der Waals surface area contributed by atoms with E-state index in [0.29, 0.717) is 23.8 Å². The number of hydrogen-bond acceptors (Lipinski definition) is 5. The van der Waals surface area contributed by atoms with Crippen LogP contribution in [0.3, 0.4) is 0 Å². The van der Waals surface area contributed by atoms with Gasteiger partial charge < -0.3 is 15.6 Å². The molecule has 1 aliphatic heterocycles. The average molecular weight is 539 g/mol. The first-order valence-corrected chi connectivity index (χ1v) is 13.2. The number of carbonyl (C=O) groups is 1. The van der Waals surface area contributed by atoms with Crippen molar-refractivity contribution < 1.29 is 22.2 Å². The minimum Gasteiger partial charge on any atom is -0.347 e. The number of halogens is 3. The van der Waals surface area contributed by atoms with Crippen LogP contribution in [-0.2, 0) is 30.3 Å². The summed E-state index contributed by atoms with van der Waals surface area (Å²) >= 11 is 1.35. The summed E-state index contributed by atoms with van der Waals surface area (Å²) in [5.74, 6) is -0.473. The van der Waals surface area contributed by atoms with Gasteiger partial charge in [-0.2, -0.15) is 13.2 Å². The Hall–Kier alpha value is -2.80. The zero-order valence-electron chi connectivity index (χ0n) is 19.1. The number of rotatable bonds is 8. The molecule has 0 radical (unpaired) electrons. The lowest BCUT2D eigenvalue weighted by atomic mass is 10.1. The zero-order chi connectivity index (χ0) is 25.7. The Kier molecular flexibility index (Phi) is 8.39. The first-order chi connectivity index (χ1) is 17.2. The molecule has 192 valence electrons. The quantitative estimate of drug-likeness (QED) is 0.408. The second-order valence-corrected chi connectivity index (χ2v) is 11.2. The first-order valence-electron chi connectivity index (χ1n) is 11.3. The highest BCUT2D eigenvalue weighted by Crippen LogP contribution is 2.29. The van der Waals surface area contributed by atoms with Crippen LogP contribution in [0, 0.1) is 0 Å². The highest BCUT2D eigenvalue weighted by molar-refractivity contribution is 7.85. The Bertz CT molecular complexity index is 1270. The van der Waals surface area contributed by atoms with Gasteiger partial charge in [-0.3, -0.25) is 9.59 Å². The molecule has 1 unspecified atom stereocenters. The van der Waals surface area contributed by atoms with Crippen LogP contribution in [0.5, 0.6) is 0 Å². The molecule has 4 rings (SSSR count). The number of aromatic amines is 1. The summed E-state index contributed by atoms with van der Waals surface area (Å²) in [6.45, 7) is 1.95. The lowest BCUT2D eigenvalue weighted by molar-refractivity contribution is -0.137. The Morgan fingerprint density at radius 3 is 2.47 bits per heavy atom. The van der Waals surface area contributed by atoms with Gasteiger partial charge in [0.25, 0.3) is 11.5 Å². The van der Waals surface area contributed by atoms with E-state index in [4.69, 9.17) is 0 Å². The highest BCUT2D eigenvalue weighted by atomic mass is 32.2. The van der Waals surface area contributed by atoms with Crippen molar-refractivity contribution in [3.8, 4) is 0 Å². The van der Waals surface area contributed by atoms with E-state index >= 15 is 0 Å². The summed E-state index contributed by atoms with van der Waals surface area (Å²) in [4.78, 5) is 27.2. The molecule has 3 heterocycles. The summed E-state index contributed by atoms with van der Waals surface area (Å²) in [7, 11) is -1.32. The topological polar surface area (TPSA) is 94.3 Å². The van der Waals surface area contributed by atoms with Crippen LogP contribution in [0.4, 0.5) is 13.2 Å². The number of carbonyl (C=O) groups excluding carboxylic acids is 1. The number of benzene rings is 1. The summed E-state index contributed by atoms with van der Waals surface area (Å²) in [6.07, 6.45) is -1.34. The number of nitrogens with one attached hydrogen (secondary N) is 3. The Morgan fingerprint density at radius 1 is 1.08 bits per heavy atom. The van der Waals surface area contributed by atoms with Crippen molar-refractivity contribution in [3.63, 3.8) is 0 Å². The van der Waals surface area contributed by atoms with Crippen molar-refractivity contribution in [1.29, 1.82) is 0 Å². The molecule has 0 saturated carbocycles. The van der Waals surface area contributed by atoms with Crippen LogP contribution < -0.4 is 16.2 Å². The number of thiophene rings is 1. The number of hydrogen-bond donors (Lipinski definition) is 3. The SMILES string of the molecule is O=C(NCc1ccc(S(=O)N2CCC(NCc3ccc(C(F)(F)F)cc3)CC2)s1)c1ccc[nH]c1=O. The van der Waals surface area contributed by atoms with E-state index < -0.39 is 34.2 Å². The number of aromatic nitrogens is 1. The maximum Gasteiger partial charge on any atom is 0.416 e.